The predicted octanol–water partition coefficient (Wildman–Crippen LogP) is 3.49. The average molecular weight is 335 g/mol. The van der Waals surface area contributed by atoms with Gasteiger partial charge in [-0.2, -0.15) is 0 Å². The zero-order chi connectivity index (χ0) is 11.0. The Morgan fingerprint density at radius 1 is 1.47 bits per heavy atom. The maximum atomic E-state index is 6.11. The standard InChI is InChI=1S/C10H8ClIN2O/c1-5-2-3-6(7(11)4-5)9-8(12)10(13)14-15-9/h2-4H,1H3,(H2,13,14). The lowest BCUT2D eigenvalue weighted by Gasteiger charge is -2.01. The van der Waals surface area contributed by atoms with Crippen molar-refractivity contribution in [3.8, 4) is 11.3 Å². The van der Waals surface area contributed by atoms with Crippen molar-refractivity contribution in [3.05, 3.63) is 32.4 Å². The Hall–Kier alpha value is -0.750. The Kier molecular flexibility index (Phi) is 2.88. The van der Waals surface area contributed by atoms with Crippen LogP contribution in [0.2, 0.25) is 5.02 Å². The van der Waals surface area contributed by atoms with Gasteiger partial charge in [-0.3, -0.25) is 0 Å². The van der Waals surface area contributed by atoms with Crippen molar-refractivity contribution in [2.75, 3.05) is 5.73 Å². The Bertz CT molecular complexity index is 510. The highest BCUT2D eigenvalue weighted by molar-refractivity contribution is 14.1. The molecule has 0 aliphatic heterocycles. The van der Waals surface area contributed by atoms with Crippen molar-refractivity contribution in [2.45, 2.75) is 6.92 Å². The van der Waals surface area contributed by atoms with Gasteiger partial charge in [0.15, 0.2) is 11.6 Å². The molecule has 0 amide bonds. The van der Waals surface area contributed by atoms with Crippen molar-refractivity contribution >= 4 is 40.0 Å². The summed E-state index contributed by atoms with van der Waals surface area (Å²) >= 11 is 8.20. The molecule has 0 atom stereocenters. The maximum absolute atomic E-state index is 6.11. The van der Waals surface area contributed by atoms with Gasteiger partial charge in [0.05, 0.1) is 5.02 Å². The van der Waals surface area contributed by atoms with Crippen molar-refractivity contribution in [2.24, 2.45) is 0 Å². The van der Waals surface area contributed by atoms with E-state index in [9.17, 15) is 0 Å². The Balaban J connectivity index is 2.59. The molecule has 2 aromatic rings. The van der Waals surface area contributed by atoms with Gasteiger partial charge in [0.25, 0.3) is 0 Å². The molecule has 3 nitrogen and oxygen atoms in total. The van der Waals surface area contributed by atoms with E-state index in [1.807, 2.05) is 25.1 Å². The summed E-state index contributed by atoms with van der Waals surface area (Å²) in [5.74, 6) is 1.01. The number of nitrogens with two attached hydrogens (primary N) is 1. The minimum atomic E-state index is 0.391. The van der Waals surface area contributed by atoms with Crippen LogP contribution >= 0.6 is 34.2 Å². The summed E-state index contributed by atoms with van der Waals surface area (Å²) in [6.45, 7) is 1.98. The summed E-state index contributed by atoms with van der Waals surface area (Å²) in [5.41, 5.74) is 7.52. The molecule has 0 aliphatic rings. The number of rotatable bonds is 1. The van der Waals surface area contributed by atoms with Crippen molar-refractivity contribution in [1.82, 2.24) is 5.16 Å². The first-order valence-electron chi connectivity index (χ1n) is 4.26. The molecule has 0 saturated heterocycles. The topological polar surface area (TPSA) is 52.0 Å². The van der Waals surface area contributed by atoms with Crippen LogP contribution in [0.25, 0.3) is 11.3 Å². The number of aryl methyl sites for hydroxylation is 1. The van der Waals surface area contributed by atoms with Crippen LogP contribution in [0.1, 0.15) is 5.56 Å². The van der Waals surface area contributed by atoms with Gasteiger partial charge in [0.1, 0.15) is 3.57 Å². The van der Waals surface area contributed by atoms with Crippen LogP contribution in [0, 0.1) is 10.5 Å². The van der Waals surface area contributed by atoms with E-state index in [0.29, 0.717) is 16.6 Å². The second-order valence-electron chi connectivity index (χ2n) is 3.19. The molecule has 0 radical (unpaired) electrons. The molecule has 0 fully saturated rings. The summed E-state index contributed by atoms with van der Waals surface area (Å²) in [6.07, 6.45) is 0. The largest absolute Gasteiger partial charge is 0.380 e. The molecule has 78 valence electrons. The number of nitrogen functional groups attached to an aromatic ring is 1. The lowest BCUT2D eigenvalue weighted by atomic mass is 10.1. The molecule has 0 aliphatic carbocycles. The minimum absolute atomic E-state index is 0.391. The molecular formula is C10H8ClIN2O. The van der Waals surface area contributed by atoms with E-state index in [1.165, 1.54) is 0 Å². The summed E-state index contributed by atoms with van der Waals surface area (Å²) < 4.78 is 5.93. The highest BCUT2D eigenvalue weighted by Gasteiger charge is 2.15. The number of nitrogens with zero attached hydrogens (tertiary/aromatic N) is 1. The Morgan fingerprint density at radius 3 is 2.73 bits per heavy atom. The molecule has 2 N–H and O–H groups in total. The molecule has 0 bridgehead atoms. The fourth-order valence-electron chi connectivity index (χ4n) is 1.26. The van der Waals surface area contributed by atoms with E-state index < -0.39 is 0 Å². The fraction of sp³-hybridized carbons (Fsp3) is 0.100. The van der Waals surface area contributed by atoms with Crippen molar-refractivity contribution in [1.29, 1.82) is 0 Å². The van der Waals surface area contributed by atoms with E-state index in [-0.39, 0.29) is 0 Å². The lowest BCUT2D eigenvalue weighted by Crippen LogP contribution is -1.86. The molecule has 1 heterocycles. The highest BCUT2D eigenvalue weighted by Crippen LogP contribution is 2.34. The van der Waals surface area contributed by atoms with E-state index in [4.69, 9.17) is 21.9 Å². The van der Waals surface area contributed by atoms with E-state index in [2.05, 4.69) is 27.7 Å². The first-order chi connectivity index (χ1) is 7.09. The third kappa shape index (κ3) is 1.96. The molecule has 15 heavy (non-hydrogen) atoms. The Labute approximate surface area is 106 Å². The second-order valence-corrected chi connectivity index (χ2v) is 4.68. The smallest absolute Gasteiger partial charge is 0.183 e. The summed E-state index contributed by atoms with van der Waals surface area (Å²) in [6, 6.07) is 5.75. The van der Waals surface area contributed by atoms with Crippen molar-refractivity contribution in [3.63, 3.8) is 0 Å². The molecule has 1 aromatic heterocycles. The zero-order valence-electron chi connectivity index (χ0n) is 7.92. The number of halogens is 2. The SMILES string of the molecule is Cc1ccc(-c2onc(N)c2I)c(Cl)c1. The average Bonchev–Trinajstić information content (AvgIpc) is 2.49. The number of hydrogen-bond donors (Lipinski definition) is 1. The van der Waals surface area contributed by atoms with Gasteiger partial charge in [0.2, 0.25) is 0 Å². The maximum Gasteiger partial charge on any atom is 0.183 e. The third-order valence-electron chi connectivity index (χ3n) is 2.03. The first-order valence-corrected chi connectivity index (χ1v) is 5.72. The summed E-state index contributed by atoms with van der Waals surface area (Å²) in [7, 11) is 0. The van der Waals surface area contributed by atoms with Crippen LogP contribution < -0.4 is 5.73 Å². The van der Waals surface area contributed by atoms with Crippen LogP contribution in [-0.4, -0.2) is 5.16 Å². The van der Waals surface area contributed by atoms with Gasteiger partial charge in [-0.15, -0.1) is 0 Å². The van der Waals surface area contributed by atoms with Crippen molar-refractivity contribution < 1.29 is 4.52 Å². The molecule has 1 aromatic carbocycles. The fourth-order valence-corrected chi connectivity index (χ4v) is 2.07. The van der Waals surface area contributed by atoms with Crippen LogP contribution in [0.3, 0.4) is 0 Å². The summed E-state index contributed by atoms with van der Waals surface area (Å²) in [5, 5.41) is 4.34. The van der Waals surface area contributed by atoms with Crippen LogP contribution in [-0.2, 0) is 0 Å². The molecular weight excluding hydrogens is 326 g/mol. The number of aromatic nitrogens is 1. The van der Waals surface area contributed by atoms with Gasteiger partial charge in [-0.1, -0.05) is 22.8 Å². The third-order valence-corrected chi connectivity index (χ3v) is 3.38. The van der Waals surface area contributed by atoms with Gasteiger partial charge < -0.3 is 10.3 Å². The minimum Gasteiger partial charge on any atom is -0.380 e. The predicted molar refractivity (Wildman–Crippen MR) is 68.8 cm³/mol. The van der Waals surface area contributed by atoms with Crippen LogP contribution in [0.5, 0.6) is 0 Å². The van der Waals surface area contributed by atoms with Crippen LogP contribution in [0.4, 0.5) is 5.82 Å². The molecule has 5 heteroatoms. The van der Waals surface area contributed by atoms with Gasteiger partial charge in [-0.05, 0) is 47.2 Å². The number of hydrogen-bond acceptors (Lipinski definition) is 3. The molecule has 2 rings (SSSR count). The van der Waals surface area contributed by atoms with Gasteiger partial charge >= 0.3 is 0 Å². The lowest BCUT2D eigenvalue weighted by molar-refractivity contribution is 0.435. The normalized spacial score (nSPS) is 10.6. The molecule has 0 unspecified atom stereocenters. The quantitative estimate of drug-likeness (QED) is 0.812. The number of benzene rings is 1. The number of anilines is 1. The zero-order valence-corrected chi connectivity index (χ0v) is 10.8. The monoisotopic (exact) mass is 334 g/mol. The van der Waals surface area contributed by atoms with Gasteiger partial charge in [0, 0.05) is 5.56 Å². The Morgan fingerprint density at radius 2 is 2.20 bits per heavy atom. The van der Waals surface area contributed by atoms with Crippen LogP contribution in [0.15, 0.2) is 22.7 Å². The molecule has 0 saturated carbocycles. The molecule has 0 spiro atoms. The summed E-state index contributed by atoms with van der Waals surface area (Å²) in [4.78, 5) is 0. The first kappa shape index (κ1) is 10.8. The van der Waals surface area contributed by atoms with E-state index in [0.717, 1.165) is 14.7 Å². The second kappa shape index (κ2) is 4.02. The van der Waals surface area contributed by atoms with Gasteiger partial charge in [-0.25, -0.2) is 0 Å². The highest BCUT2D eigenvalue weighted by atomic mass is 127. The van der Waals surface area contributed by atoms with E-state index in [1.54, 1.807) is 0 Å². The van der Waals surface area contributed by atoms with E-state index >= 15 is 0 Å².